The third-order valence-electron chi connectivity index (χ3n) is 1.66. The van der Waals surface area contributed by atoms with Crippen molar-refractivity contribution in [3.05, 3.63) is 29.0 Å². The molecule has 0 aliphatic rings. The van der Waals surface area contributed by atoms with Crippen molar-refractivity contribution in [1.29, 1.82) is 0 Å². The number of aryl methyl sites for hydroxylation is 1. The third-order valence-corrected chi connectivity index (χ3v) is 2.38. The van der Waals surface area contributed by atoms with E-state index in [1.54, 1.807) is 30.2 Å². The summed E-state index contributed by atoms with van der Waals surface area (Å²) in [5.41, 5.74) is 0.619. The van der Waals surface area contributed by atoms with Crippen LogP contribution in [0.3, 0.4) is 0 Å². The van der Waals surface area contributed by atoms with Crippen LogP contribution in [0.1, 0.15) is 16.7 Å². The van der Waals surface area contributed by atoms with Gasteiger partial charge in [0, 0.05) is 13.2 Å². The predicted octanol–water partition coefficient (Wildman–Crippen LogP) is 0.353. The van der Waals surface area contributed by atoms with Crippen LogP contribution in [0.2, 0.25) is 0 Å². The van der Waals surface area contributed by atoms with Crippen molar-refractivity contribution < 1.29 is 5.11 Å². The third kappa shape index (κ3) is 1.58. The van der Waals surface area contributed by atoms with Gasteiger partial charge in [-0.15, -0.1) is 5.10 Å². The Balaban J connectivity index is 2.28. The van der Waals surface area contributed by atoms with E-state index in [0.717, 1.165) is 0 Å². The van der Waals surface area contributed by atoms with Crippen LogP contribution in [-0.4, -0.2) is 24.5 Å². The van der Waals surface area contributed by atoms with E-state index in [4.69, 9.17) is 0 Å². The number of aliphatic hydroxyl groups excluding tert-OH is 1. The zero-order valence-electron chi connectivity index (χ0n) is 6.95. The van der Waals surface area contributed by atoms with Gasteiger partial charge in [0.25, 0.3) is 0 Å². The van der Waals surface area contributed by atoms with Crippen LogP contribution in [0, 0.1) is 0 Å². The van der Waals surface area contributed by atoms with E-state index in [0.29, 0.717) is 10.6 Å². The molecule has 2 rings (SSSR count). The molecule has 0 saturated heterocycles. The largest absolute Gasteiger partial charge is 0.381 e. The quantitative estimate of drug-likeness (QED) is 0.753. The topological polar surface area (TPSA) is 63.8 Å². The molecule has 0 aliphatic carbocycles. The minimum atomic E-state index is -0.707. The maximum Gasteiger partial charge on any atom is 0.135 e. The van der Waals surface area contributed by atoms with E-state index >= 15 is 0 Å². The summed E-state index contributed by atoms with van der Waals surface area (Å²) in [4.78, 5) is 0.707. The fourth-order valence-corrected chi connectivity index (χ4v) is 1.52. The molecule has 6 heteroatoms. The SMILES string of the molecule is Cn1ccc(C(O)c2cnns2)n1. The first-order chi connectivity index (χ1) is 6.27. The molecule has 2 aromatic rings. The molecule has 5 nitrogen and oxygen atoms in total. The minimum absolute atomic E-state index is 0.619. The van der Waals surface area contributed by atoms with E-state index < -0.39 is 6.10 Å². The second kappa shape index (κ2) is 3.23. The molecule has 0 amide bonds. The summed E-state index contributed by atoms with van der Waals surface area (Å²) in [5.74, 6) is 0. The normalized spacial score (nSPS) is 13.1. The first kappa shape index (κ1) is 8.33. The van der Waals surface area contributed by atoms with Crippen molar-refractivity contribution in [2.45, 2.75) is 6.10 Å². The Morgan fingerprint density at radius 2 is 2.46 bits per heavy atom. The highest BCUT2D eigenvalue weighted by Gasteiger charge is 2.14. The van der Waals surface area contributed by atoms with E-state index in [1.165, 1.54) is 11.5 Å². The Labute approximate surface area is 78.8 Å². The summed E-state index contributed by atoms with van der Waals surface area (Å²) < 4.78 is 5.32. The van der Waals surface area contributed by atoms with Crippen molar-refractivity contribution in [3.63, 3.8) is 0 Å². The minimum Gasteiger partial charge on any atom is -0.381 e. The lowest BCUT2D eigenvalue weighted by atomic mass is 10.2. The van der Waals surface area contributed by atoms with Gasteiger partial charge in [0.05, 0.1) is 16.8 Å². The van der Waals surface area contributed by atoms with Gasteiger partial charge in [0.1, 0.15) is 6.10 Å². The summed E-state index contributed by atoms with van der Waals surface area (Å²) in [6.45, 7) is 0. The van der Waals surface area contributed by atoms with Crippen molar-refractivity contribution in [1.82, 2.24) is 19.4 Å². The van der Waals surface area contributed by atoms with Gasteiger partial charge in [-0.3, -0.25) is 4.68 Å². The van der Waals surface area contributed by atoms with E-state index in [9.17, 15) is 5.11 Å². The van der Waals surface area contributed by atoms with Crippen LogP contribution in [0.25, 0.3) is 0 Å². The fraction of sp³-hybridized carbons (Fsp3) is 0.286. The van der Waals surface area contributed by atoms with E-state index in [1.807, 2.05) is 0 Å². The molecule has 2 aromatic heterocycles. The Hall–Kier alpha value is -1.27. The lowest BCUT2D eigenvalue weighted by Crippen LogP contribution is -1.99. The molecule has 1 atom stereocenters. The molecule has 0 aliphatic heterocycles. The molecular weight excluding hydrogens is 188 g/mol. The molecule has 0 aromatic carbocycles. The maximum absolute atomic E-state index is 9.75. The molecule has 0 fully saturated rings. The summed E-state index contributed by atoms with van der Waals surface area (Å²) in [5, 5.41) is 17.5. The zero-order chi connectivity index (χ0) is 9.26. The summed E-state index contributed by atoms with van der Waals surface area (Å²) >= 11 is 1.17. The summed E-state index contributed by atoms with van der Waals surface area (Å²) in [6.07, 6.45) is 2.62. The fourth-order valence-electron chi connectivity index (χ4n) is 1.02. The molecule has 2 heterocycles. The lowest BCUT2D eigenvalue weighted by molar-refractivity contribution is 0.218. The number of hydrogen-bond donors (Lipinski definition) is 1. The molecule has 1 N–H and O–H groups in total. The number of aliphatic hydroxyl groups is 1. The number of aromatic nitrogens is 4. The molecule has 13 heavy (non-hydrogen) atoms. The molecule has 1 unspecified atom stereocenters. The Morgan fingerprint density at radius 3 is 3.00 bits per heavy atom. The van der Waals surface area contributed by atoms with E-state index in [2.05, 4.69) is 14.7 Å². The van der Waals surface area contributed by atoms with Gasteiger partial charge in [-0.05, 0) is 17.6 Å². The molecular formula is C7H8N4OS. The van der Waals surface area contributed by atoms with Crippen LogP contribution >= 0.6 is 11.5 Å². The van der Waals surface area contributed by atoms with Gasteiger partial charge < -0.3 is 5.11 Å². The highest BCUT2D eigenvalue weighted by Crippen LogP contribution is 2.21. The van der Waals surface area contributed by atoms with Gasteiger partial charge in [0.15, 0.2) is 0 Å². The van der Waals surface area contributed by atoms with Gasteiger partial charge in [0.2, 0.25) is 0 Å². The first-order valence-corrected chi connectivity index (χ1v) is 4.49. The molecule has 0 saturated carbocycles. The monoisotopic (exact) mass is 196 g/mol. The van der Waals surface area contributed by atoms with Crippen LogP contribution in [0.15, 0.2) is 18.5 Å². The number of hydrogen-bond acceptors (Lipinski definition) is 5. The molecule has 0 spiro atoms. The first-order valence-electron chi connectivity index (χ1n) is 3.72. The molecule has 0 radical (unpaired) electrons. The summed E-state index contributed by atoms with van der Waals surface area (Å²) in [6, 6.07) is 1.77. The van der Waals surface area contributed by atoms with Crippen molar-refractivity contribution in [2.75, 3.05) is 0 Å². The van der Waals surface area contributed by atoms with Crippen molar-refractivity contribution in [2.24, 2.45) is 7.05 Å². The Morgan fingerprint density at radius 1 is 1.62 bits per heavy atom. The second-order valence-corrected chi connectivity index (χ2v) is 3.45. The average molecular weight is 196 g/mol. The molecule has 0 bridgehead atoms. The van der Waals surface area contributed by atoms with Gasteiger partial charge in [-0.25, -0.2) is 0 Å². The molecule has 68 valence electrons. The highest BCUT2D eigenvalue weighted by molar-refractivity contribution is 7.05. The smallest absolute Gasteiger partial charge is 0.135 e. The van der Waals surface area contributed by atoms with Crippen LogP contribution in [0.5, 0.6) is 0 Å². The average Bonchev–Trinajstić information content (AvgIpc) is 2.72. The van der Waals surface area contributed by atoms with Crippen LogP contribution in [0.4, 0.5) is 0 Å². The maximum atomic E-state index is 9.75. The van der Waals surface area contributed by atoms with E-state index in [-0.39, 0.29) is 0 Å². The van der Waals surface area contributed by atoms with Crippen LogP contribution in [-0.2, 0) is 7.05 Å². The van der Waals surface area contributed by atoms with Crippen molar-refractivity contribution >= 4 is 11.5 Å². The van der Waals surface area contributed by atoms with Gasteiger partial charge in [-0.2, -0.15) is 5.10 Å². The standard InChI is InChI=1S/C7H8N4OS/c1-11-3-2-5(9-11)7(12)6-4-8-10-13-6/h2-4,7,12H,1H3. The predicted molar refractivity (Wildman–Crippen MR) is 47.2 cm³/mol. The highest BCUT2D eigenvalue weighted by atomic mass is 32.1. The Bertz CT molecular complexity index is 383. The number of nitrogens with zero attached hydrogens (tertiary/aromatic N) is 4. The zero-order valence-corrected chi connectivity index (χ0v) is 7.77. The second-order valence-electron chi connectivity index (χ2n) is 2.64. The van der Waals surface area contributed by atoms with Crippen molar-refractivity contribution in [3.8, 4) is 0 Å². The van der Waals surface area contributed by atoms with Crippen LogP contribution < -0.4 is 0 Å². The Kier molecular flexibility index (Phi) is 2.07. The van der Waals surface area contributed by atoms with Gasteiger partial charge in [-0.1, -0.05) is 4.49 Å². The van der Waals surface area contributed by atoms with Gasteiger partial charge >= 0.3 is 0 Å². The summed E-state index contributed by atoms with van der Waals surface area (Å²) in [7, 11) is 1.81. The lowest BCUT2D eigenvalue weighted by Gasteiger charge is -2.01. The number of rotatable bonds is 2.